The van der Waals surface area contributed by atoms with E-state index in [4.69, 9.17) is 10.5 Å². The van der Waals surface area contributed by atoms with Crippen LogP contribution in [0.1, 0.15) is 34.6 Å². The topological polar surface area (TPSA) is 52.3 Å². The van der Waals surface area contributed by atoms with Crippen molar-refractivity contribution in [2.24, 2.45) is 0 Å². The molecule has 0 unspecified atom stereocenters. The summed E-state index contributed by atoms with van der Waals surface area (Å²) < 4.78 is 4.90. The number of nitrogen functional groups attached to an aromatic ring is 1. The fraction of sp³-hybridized carbons (Fsp3) is 0.312. The van der Waals surface area contributed by atoms with Gasteiger partial charge in [-0.05, 0) is 23.0 Å². The maximum absolute atomic E-state index is 12.0. The number of rotatable bonds is 1. The molecular formula is C16H17NO2S. The number of hydrogen-bond donors (Lipinski definition) is 1. The van der Waals surface area contributed by atoms with Crippen LogP contribution in [0.2, 0.25) is 0 Å². The number of carbonyl (C=O) groups is 1. The molecule has 4 heteroatoms. The SMILES string of the molecule is COC(=O)c1c(N)sc2c1-c1ccccc1C(C)(C)C2. The zero-order chi connectivity index (χ0) is 14.5. The van der Waals surface area contributed by atoms with Crippen molar-refractivity contribution in [2.45, 2.75) is 25.7 Å². The molecule has 0 amide bonds. The van der Waals surface area contributed by atoms with Gasteiger partial charge < -0.3 is 10.5 Å². The number of esters is 1. The van der Waals surface area contributed by atoms with Gasteiger partial charge >= 0.3 is 5.97 Å². The highest BCUT2D eigenvalue weighted by atomic mass is 32.1. The molecule has 104 valence electrons. The van der Waals surface area contributed by atoms with E-state index in [0.717, 1.165) is 17.5 Å². The van der Waals surface area contributed by atoms with Crippen molar-refractivity contribution in [3.63, 3.8) is 0 Å². The highest BCUT2D eigenvalue weighted by molar-refractivity contribution is 7.17. The molecule has 0 aliphatic heterocycles. The number of benzene rings is 1. The Kier molecular flexibility index (Phi) is 2.87. The van der Waals surface area contributed by atoms with E-state index in [1.54, 1.807) is 0 Å². The minimum absolute atomic E-state index is 0.0499. The van der Waals surface area contributed by atoms with E-state index in [1.807, 2.05) is 12.1 Å². The van der Waals surface area contributed by atoms with Crippen LogP contribution >= 0.6 is 11.3 Å². The van der Waals surface area contributed by atoms with Gasteiger partial charge in [0, 0.05) is 10.4 Å². The van der Waals surface area contributed by atoms with Gasteiger partial charge in [-0.1, -0.05) is 38.1 Å². The van der Waals surface area contributed by atoms with Gasteiger partial charge in [-0.15, -0.1) is 11.3 Å². The largest absolute Gasteiger partial charge is 0.465 e. The van der Waals surface area contributed by atoms with Gasteiger partial charge in [0.05, 0.1) is 7.11 Å². The second-order valence-electron chi connectivity index (χ2n) is 5.74. The zero-order valence-electron chi connectivity index (χ0n) is 11.8. The lowest BCUT2D eigenvalue weighted by Crippen LogP contribution is -2.25. The molecule has 0 atom stereocenters. The van der Waals surface area contributed by atoms with Crippen LogP contribution in [0.5, 0.6) is 0 Å². The Balaban J connectivity index is 2.33. The van der Waals surface area contributed by atoms with E-state index < -0.39 is 0 Å². The maximum Gasteiger partial charge on any atom is 0.341 e. The molecule has 0 spiro atoms. The molecule has 0 saturated heterocycles. The molecule has 3 rings (SSSR count). The summed E-state index contributed by atoms with van der Waals surface area (Å²) in [7, 11) is 1.39. The number of carbonyl (C=O) groups excluding carboxylic acids is 1. The van der Waals surface area contributed by atoms with E-state index in [1.165, 1.54) is 28.9 Å². The number of fused-ring (bicyclic) bond motifs is 3. The molecule has 1 aliphatic rings. The third-order valence-corrected chi connectivity index (χ3v) is 4.94. The van der Waals surface area contributed by atoms with Crippen molar-refractivity contribution in [1.82, 2.24) is 0 Å². The molecular weight excluding hydrogens is 270 g/mol. The number of nitrogens with two attached hydrogens (primary N) is 1. The van der Waals surface area contributed by atoms with Crippen molar-refractivity contribution in [2.75, 3.05) is 12.8 Å². The average molecular weight is 287 g/mol. The second-order valence-corrected chi connectivity index (χ2v) is 6.87. The zero-order valence-corrected chi connectivity index (χ0v) is 12.6. The van der Waals surface area contributed by atoms with Crippen LogP contribution in [0.3, 0.4) is 0 Å². The van der Waals surface area contributed by atoms with E-state index in [2.05, 4.69) is 26.0 Å². The predicted molar refractivity (Wildman–Crippen MR) is 82.2 cm³/mol. The van der Waals surface area contributed by atoms with Crippen LogP contribution in [-0.2, 0) is 16.6 Å². The lowest BCUT2D eigenvalue weighted by molar-refractivity contribution is 0.0603. The Morgan fingerprint density at radius 2 is 2.05 bits per heavy atom. The van der Waals surface area contributed by atoms with Crippen LogP contribution < -0.4 is 5.73 Å². The first-order valence-corrected chi connectivity index (χ1v) is 7.36. The summed E-state index contributed by atoms with van der Waals surface area (Å²) in [5, 5.41) is 0.550. The summed E-state index contributed by atoms with van der Waals surface area (Å²) in [4.78, 5) is 13.2. The molecule has 0 radical (unpaired) electrons. The molecule has 1 heterocycles. The monoisotopic (exact) mass is 287 g/mol. The number of ether oxygens (including phenoxy) is 1. The molecule has 1 aliphatic carbocycles. The lowest BCUT2D eigenvalue weighted by Gasteiger charge is -2.32. The quantitative estimate of drug-likeness (QED) is 0.815. The molecule has 0 saturated carbocycles. The number of hydrogen-bond acceptors (Lipinski definition) is 4. The molecule has 3 nitrogen and oxygen atoms in total. The highest BCUT2D eigenvalue weighted by Crippen LogP contribution is 2.49. The molecule has 1 aromatic heterocycles. The Bertz CT molecular complexity index is 700. The molecule has 0 fully saturated rings. The minimum Gasteiger partial charge on any atom is -0.465 e. The van der Waals surface area contributed by atoms with Crippen LogP contribution in [0.15, 0.2) is 24.3 Å². The Hall–Kier alpha value is -1.81. The molecule has 2 aromatic rings. The predicted octanol–water partition coefficient (Wildman–Crippen LogP) is 3.62. The van der Waals surface area contributed by atoms with Gasteiger partial charge in [0.15, 0.2) is 0 Å². The Morgan fingerprint density at radius 3 is 2.75 bits per heavy atom. The summed E-state index contributed by atoms with van der Waals surface area (Å²) in [5.74, 6) is -0.352. The number of anilines is 1. The second kappa shape index (κ2) is 4.35. The maximum atomic E-state index is 12.0. The molecule has 20 heavy (non-hydrogen) atoms. The van der Waals surface area contributed by atoms with Gasteiger partial charge in [0.1, 0.15) is 10.6 Å². The van der Waals surface area contributed by atoms with Gasteiger partial charge in [0.2, 0.25) is 0 Å². The first kappa shape index (κ1) is 13.2. The van der Waals surface area contributed by atoms with Crippen molar-refractivity contribution in [1.29, 1.82) is 0 Å². The number of thiophene rings is 1. The summed E-state index contributed by atoms with van der Waals surface area (Å²) >= 11 is 1.50. The van der Waals surface area contributed by atoms with E-state index in [0.29, 0.717) is 10.6 Å². The van der Waals surface area contributed by atoms with Gasteiger partial charge in [-0.2, -0.15) is 0 Å². The van der Waals surface area contributed by atoms with Crippen LogP contribution in [0.25, 0.3) is 11.1 Å². The van der Waals surface area contributed by atoms with Crippen LogP contribution in [-0.4, -0.2) is 13.1 Å². The van der Waals surface area contributed by atoms with Crippen molar-refractivity contribution < 1.29 is 9.53 Å². The fourth-order valence-electron chi connectivity index (χ4n) is 3.00. The first-order chi connectivity index (χ1) is 9.45. The molecule has 0 bridgehead atoms. The summed E-state index contributed by atoms with van der Waals surface area (Å²) in [6.45, 7) is 4.45. The smallest absolute Gasteiger partial charge is 0.341 e. The summed E-state index contributed by atoms with van der Waals surface area (Å²) in [5.41, 5.74) is 9.96. The Morgan fingerprint density at radius 1 is 1.35 bits per heavy atom. The normalized spacial score (nSPS) is 15.3. The standard InChI is InChI=1S/C16H17NO2S/c1-16(2)8-11-12(9-6-4-5-7-10(9)16)13(14(17)20-11)15(18)19-3/h4-7H,8,17H2,1-3H3. The minimum atomic E-state index is -0.352. The van der Waals surface area contributed by atoms with E-state index in [-0.39, 0.29) is 11.4 Å². The summed E-state index contributed by atoms with van der Waals surface area (Å²) in [6.07, 6.45) is 0.894. The first-order valence-electron chi connectivity index (χ1n) is 6.55. The Labute approximate surface area is 122 Å². The lowest BCUT2D eigenvalue weighted by atomic mass is 9.72. The van der Waals surface area contributed by atoms with Gasteiger partial charge in [-0.3, -0.25) is 0 Å². The fourth-order valence-corrected chi connectivity index (χ4v) is 4.30. The van der Waals surface area contributed by atoms with Gasteiger partial charge in [-0.25, -0.2) is 4.79 Å². The molecule has 1 aromatic carbocycles. The summed E-state index contributed by atoms with van der Waals surface area (Å²) in [6, 6.07) is 8.24. The van der Waals surface area contributed by atoms with Crippen LogP contribution in [0.4, 0.5) is 5.00 Å². The van der Waals surface area contributed by atoms with Crippen molar-refractivity contribution in [3.05, 3.63) is 40.3 Å². The van der Waals surface area contributed by atoms with E-state index in [9.17, 15) is 4.79 Å². The van der Waals surface area contributed by atoms with E-state index >= 15 is 0 Å². The van der Waals surface area contributed by atoms with Crippen molar-refractivity contribution >= 4 is 22.3 Å². The van der Waals surface area contributed by atoms with Crippen molar-refractivity contribution in [3.8, 4) is 11.1 Å². The third-order valence-electron chi connectivity index (χ3n) is 3.93. The highest BCUT2D eigenvalue weighted by Gasteiger charge is 2.36. The van der Waals surface area contributed by atoms with Crippen LogP contribution in [0, 0.1) is 0 Å². The van der Waals surface area contributed by atoms with Gasteiger partial charge in [0.25, 0.3) is 0 Å². The third kappa shape index (κ3) is 1.75. The number of methoxy groups -OCH3 is 1. The average Bonchev–Trinajstić information content (AvgIpc) is 2.73. The molecule has 2 N–H and O–H groups in total.